The lowest BCUT2D eigenvalue weighted by Gasteiger charge is -2.25. The summed E-state index contributed by atoms with van der Waals surface area (Å²) in [6.07, 6.45) is 5.65. The fourth-order valence-corrected chi connectivity index (χ4v) is 3.36. The number of amides is 1. The van der Waals surface area contributed by atoms with Gasteiger partial charge in [-0.05, 0) is 44.4 Å². The van der Waals surface area contributed by atoms with Crippen LogP contribution in [0.25, 0.3) is 0 Å². The molecule has 1 aliphatic rings. The summed E-state index contributed by atoms with van der Waals surface area (Å²) >= 11 is 0. The third-order valence-corrected chi connectivity index (χ3v) is 4.69. The highest BCUT2D eigenvalue weighted by Gasteiger charge is 2.29. The third-order valence-electron chi connectivity index (χ3n) is 4.69. The molecule has 1 aromatic carbocycles. The van der Waals surface area contributed by atoms with Crippen LogP contribution < -0.4 is 4.74 Å². The van der Waals surface area contributed by atoms with E-state index in [-0.39, 0.29) is 11.9 Å². The van der Waals surface area contributed by atoms with Gasteiger partial charge in [-0.2, -0.15) is 0 Å². The van der Waals surface area contributed by atoms with Gasteiger partial charge in [-0.3, -0.25) is 4.79 Å². The van der Waals surface area contributed by atoms with Crippen molar-refractivity contribution in [2.45, 2.75) is 45.2 Å². The predicted molar refractivity (Wildman–Crippen MR) is 91.1 cm³/mol. The summed E-state index contributed by atoms with van der Waals surface area (Å²) < 4.78 is 7.29. The number of aryl methyl sites for hydroxylation is 2. The molecule has 128 valence electrons. The lowest BCUT2D eigenvalue weighted by atomic mass is 10.1. The molecule has 1 unspecified atom stereocenters. The quantitative estimate of drug-likeness (QED) is 0.817. The Bertz CT molecular complexity index is 698. The van der Waals surface area contributed by atoms with Crippen molar-refractivity contribution in [3.63, 3.8) is 0 Å². The first-order chi connectivity index (χ1) is 11.7. The second kappa shape index (κ2) is 7.47. The molecule has 1 aliphatic heterocycles. The molecule has 0 bridgehead atoms. The molecule has 1 saturated heterocycles. The normalized spacial score (nSPS) is 17.2. The molecular weight excluding hydrogens is 304 g/mol. The summed E-state index contributed by atoms with van der Waals surface area (Å²) in [6, 6.07) is 7.65. The maximum absolute atomic E-state index is 12.8. The molecule has 2 aromatic rings. The van der Waals surface area contributed by atoms with Crippen LogP contribution in [0.2, 0.25) is 0 Å². The molecule has 0 saturated carbocycles. The number of aromatic nitrogens is 3. The van der Waals surface area contributed by atoms with Gasteiger partial charge in [0.2, 0.25) is 0 Å². The van der Waals surface area contributed by atoms with E-state index in [1.807, 2.05) is 29.2 Å². The van der Waals surface area contributed by atoms with Crippen LogP contribution in [-0.4, -0.2) is 45.3 Å². The Hall–Kier alpha value is -2.37. The van der Waals surface area contributed by atoms with E-state index in [1.165, 1.54) is 0 Å². The maximum atomic E-state index is 12.8. The van der Waals surface area contributed by atoms with E-state index in [0.717, 1.165) is 44.6 Å². The highest BCUT2D eigenvalue weighted by atomic mass is 16.5. The van der Waals surface area contributed by atoms with E-state index < -0.39 is 0 Å². The molecule has 1 aromatic heterocycles. The summed E-state index contributed by atoms with van der Waals surface area (Å²) in [5, 5.41) is 8.17. The Morgan fingerprint density at radius 2 is 2.29 bits per heavy atom. The van der Waals surface area contributed by atoms with Crippen LogP contribution >= 0.6 is 0 Å². The van der Waals surface area contributed by atoms with Crippen LogP contribution in [0.5, 0.6) is 5.75 Å². The standard InChI is InChI=1S/C18H24N4O2/c1-3-21-13-19-20-17(21)10-9-15-7-5-11-22(15)18(23)14-6-4-8-16(12-14)24-2/h4,6,8,12-13,15H,3,5,7,9-11H2,1-2H3. The van der Waals surface area contributed by atoms with Crippen LogP contribution in [0.15, 0.2) is 30.6 Å². The van der Waals surface area contributed by atoms with Crippen LogP contribution in [-0.2, 0) is 13.0 Å². The first-order valence-electron chi connectivity index (χ1n) is 8.54. The summed E-state index contributed by atoms with van der Waals surface area (Å²) in [7, 11) is 1.62. The summed E-state index contributed by atoms with van der Waals surface area (Å²) in [5.41, 5.74) is 0.693. The number of rotatable bonds is 6. The Labute approximate surface area is 142 Å². The molecule has 1 amide bonds. The monoisotopic (exact) mass is 328 g/mol. The van der Waals surface area contributed by atoms with E-state index in [1.54, 1.807) is 13.4 Å². The van der Waals surface area contributed by atoms with Crippen molar-refractivity contribution in [3.05, 3.63) is 42.0 Å². The molecule has 0 aliphatic carbocycles. The number of methoxy groups -OCH3 is 1. The van der Waals surface area contributed by atoms with Gasteiger partial charge in [0.1, 0.15) is 17.9 Å². The molecule has 1 atom stereocenters. The van der Waals surface area contributed by atoms with E-state index in [4.69, 9.17) is 4.74 Å². The van der Waals surface area contributed by atoms with Crippen LogP contribution in [0.1, 0.15) is 42.4 Å². The first kappa shape index (κ1) is 16.5. The van der Waals surface area contributed by atoms with Crippen molar-refractivity contribution < 1.29 is 9.53 Å². The molecular formula is C18H24N4O2. The van der Waals surface area contributed by atoms with Gasteiger partial charge < -0.3 is 14.2 Å². The number of hydrogen-bond donors (Lipinski definition) is 0. The van der Waals surface area contributed by atoms with E-state index >= 15 is 0 Å². The largest absolute Gasteiger partial charge is 0.497 e. The zero-order valence-electron chi connectivity index (χ0n) is 14.3. The van der Waals surface area contributed by atoms with Crippen molar-refractivity contribution >= 4 is 5.91 Å². The topological polar surface area (TPSA) is 60.2 Å². The molecule has 2 heterocycles. The van der Waals surface area contributed by atoms with Crippen molar-refractivity contribution in [2.75, 3.05) is 13.7 Å². The van der Waals surface area contributed by atoms with Gasteiger partial charge in [-0.25, -0.2) is 0 Å². The number of carbonyl (C=O) groups excluding carboxylic acids is 1. The zero-order chi connectivity index (χ0) is 16.9. The van der Waals surface area contributed by atoms with Crippen LogP contribution in [0.4, 0.5) is 0 Å². The van der Waals surface area contributed by atoms with Gasteiger partial charge >= 0.3 is 0 Å². The number of carbonyl (C=O) groups is 1. The average molecular weight is 328 g/mol. The molecule has 3 rings (SSSR count). The minimum atomic E-state index is 0.0911. The second-order valence-electron chi connectivity index (χ2n) is 6.10. The minimum Gasteiger partial charge on any atom is -0.497 e. The molecule has 24 heavy (non-hydrogen) atoms. The van der Waals surface area contributed by atoms with E-state index in [0.29, 0.717) is 11.3 Å². The van der Waals surface area contributed by atoms with Gasteiger partial charge in [0.15, 0.2) is 0 Å². The van der Waals surface area contributed by atoms with Crippen LogP contribution in [0.3, 0.4) is 0 Å². The third kappa shape index (κ3) is 3.42. The van der Waals surface area contributed by atoms with Gasteiger partial charge in [-0.15, -0.1) is 10.2 Å². The second-order valence-corrected chi connectivity index (χ2v) is 6.10. The Morgan fingerprint density at radius 3 is 3.08 bits per heavy atom. The number of likely N-dealkylation sites (tertiary alicyclic amines) is 1. The molecule has 0 radical (unpaired) electrons. The average Bonchev–Trinajstić information content (AvgIpc) is 3.27. The van der Waals surface area contributed by atoms with Gasteiger partial charge in [0, 0.05) is 31.1 Å². The number of nitrogens with zero attached hydrogens (tertiary/aromatic N) is 4. The Balaban J connectivity index is 1.67. The summed E-state index contributed by atoms with van der Waals surface area (Å²) in [4.78, 5) is 14.8. The van der Waals surface area contributed by atoms with Crippen molar-refractivity contribution in [3.8, 4) is 5.75 Å². The number of hydrogen-bond acceptors (Lipinski definition) is 4. The van der Waals surface area contributed by atoms with Crippen molar-refractivity contribution in [1.82, 2.24) is 19.7 Å². The Morgan fingerprint density at radius 1 is 1.42 bits per heavy atom. The molecule has 1 fully saturated rings. The Kier molecular flexibility index (Phi) is 5.13. The fraction of sp³-hybridized carbons (Fsp3) is 0.500. The van der Waals surface area contributed by atoms with Gasteiger partial charge in [-0.1, -0.05) is 6.07 Å². The zero-order valence-corrected chi connectivity index (χ0v) is 14.3. The van der Waals surface area contributed by atoms with Crippen molar-refractivity contribution in [2.24, 2.45) is 0 Å². The molecule has 0 spiro atoms. The highest BCUT2D eigenvalue weighted by Crippen LogP contribution is 2.25. The van der Waals surface area contributed by atoms with Crippen molar-refractivity contribution in [1.29, 1.82) is 0 Å². The highest BCUT2D eigenvalue weighted by molar-refractivity contribution is 5.95. The molecule has 6 heteroatoms. The smallest absolute Gasteiger partial charge is 0.254 e. The lowest BCUT2D eigenvalue weighted by Crippen LogP contribution is -2.36. The summed E-state index contributed by atoms with van der Waals surface area (Å²) in [6.45, 7) is 3.78. The maximum Gasteiger partial charge on any atom is 0.254 e. The minimum absolute atomic E-state index is 0.0911. The fourth-order valence-electron chi connectivity index (χ4n) is 3.36. The molecule has 6 nitrogen and oxygen atoms in total. The van der Waals surface area contributed by atoms with Gasteiger partial charge in [0.25, 0.3) is 5.91 Å². The molecule has 0 N–H and O–H groups in total. The SMILES string of the molecule is CCn1cnnc1CCC1CCCN1C(=O)c1cccc(OC)c1. The lowest BCUT2D eigenvalue weighted by molar-refractivity contribution is 0.0729. The first-order valence-corrected chi connectivity index (χ1v) is 8.54. The summed E-state index contributed by atoms with van der Waals surface area (Å²) in [5.74, 6) is 1.80. The number of benzene rings is 1. The van der Waals surface area contributed by atoms with Gasteiger partial charge in [0.05, 0.1) is 7.11 Å². The predicted octanol–water partition coefficient (Wildman–Crippen LogP) is 2.54. The van der Waals surface area contributed by atoms with Crippen LogP contribution in [0, 0.1) is 0 Å². The van der Waals surface area contributed by atoms with E-state index in [2.05, 4.69) is 21.7 Å². The number of ether oxygens (including phenoxy) is 1. The van der Waals surface area contributed by atoms with E-state index in [9.17, 15) is 4.79 Å².